The molecule has 210 valence electrons. The predicted molar refractivity (Wildman–Crippen MR) is 161 cm³/mol. The van der Waals surface area contributed by atoms with Gasteiger partial charge in [0.15, 0.2) is 0 Å². The second kappa shape index (κ2) is 14.5. The Labute approximate surface area is 252 Å². The summed E-state index contributed by atoms with van der Waals surface area (Å²) in [4.78, 5) is 13.3. The quantitative estimate of drug-likeness (QED) is 0.152. The van der Waals surface area contributed by atoms with Crippen LogP contribution in [-0.4, -0.2) is 40.6 Å². The molecule has 0 spiro atoms. The maximum absolute atomic E-state index is 13.3. The first-order valence-electron chi connectivity index (χ1n) is 12.6. The van der Waals surface area contributed by atoms with E-state index >= 15 is 0 Å². The van der Waals surface area contributed by atoms with Crippen LogP contribution in [0.2, 0.25) is 0 Å². The van der Waals surface area contributed by atoms with E-state index in [1.54, 1.807) is 33.5 Å². The molecule has 0 N–H and O–H groups in total. The van der Waals surface area contributed by atoms with Gasteiger partial charge < -0.3 is 35.9 Å². The van der Waals surface area contributed by atoms with Crippen LogP contribution < -0.4 is 47.1 Å². The minimum absolute atomic E-state index is 0. The van der Waals surface area contributed by atoms with Gasteiger partial charge in [-0.3, -0.25) is 0 Å². The van der Waals surface area contributed by atoms with Crippen molar-refractivity contribution in [2.45, 2.75) is 0 Å². The van der Waals surface area contributed by atoms with Crippen molar-refractivity contribution < 1.29 is 40.7 Å². The summed E-state index contributed by atoms with van der Waals surface area (Å²) in [5, 5.41) is 12.4. The summed E-state index contributed by atoms with van der Waals surface area (Å²) < 4.78 is 21.7. The summed E-state index contributed by atoms with van der Waals surface area (Å²) in [6.07, 6.45) is 2.24. The molecule has 0 amide bonds. The molecule has 4 aromatic carbocycles. The topological polar surface area (TPSA) is 77.8 Å². The number of methoxy groups -OCH3 is 4. The first-order valence-corrected chi connectivity index (χ1v) is 14.6. The van der Waals surface area contributed by atoms with Gasteiger partial charge in [-0.15, -0.1) is 0 Å². The molecule has 0 aromatic heterocycles. The minimum atomic E-state index is -2.51. The van der Waals surface area contributed by atoms with Crippen molar-refractivity contribution in [1.82, 2.24) is 0 Å². The zero-order chi connectivity index (χ0) is 28.5. The van der Waals surface area contributed by atoms with Crippen LogP contribution in [-0.2, 0) is 9.53 Å². The van der Waals surface area contributed by atoms with Crippen LogP contribution >= 0.6 is 7.26 Å². The standard InChI is InChI=1S/C33H31NO5P.BrH/c1-36-27-9-15-30(16-10-27)40(31-17-11-28(37-2)12-18-31,32-19-13-29(38-3)14-20-32)23-26(33(35)39-4)21-24-5-7-25(22-34)8-6-24;/h5-21H,23H2,1-4H3;1H/q+1;/p-1/b26-21+;. The minimum Gasteiger partial charge on any atom is -1.00 e. The lowest BCUT2D eigenvalue weighted by Gasteiger charge is -2.28. The highest BCUT2D eigenvalue weighted by Gasteiger charge is 2.47. The number of esters is 1. The van der Waals surface area contributed by atoms with Gasteiger partial charge in [-0.1, -0.05) is 12.1 Å². The van der Waals surface area contributed by atoms with Crippen molar-refractivity contribution in [3.05, 3.63) is 114 Å². The average molecular weight is 632 g/mol. The van der Waals surface area contributed by atoms with Crippen molar-refractivity contribution in [3.63, 3.8) is 0 Å². The van der Waals surface area contributed by atoms with Crippen LogP contribution in [0, 0.1) is 11.3 Å². The molecule has 0 atom stereocenters. The molecule has 6 nitrogen and oxygen atoms in total. The maximum Gasteiger partial charge on any atom is 0.337 e. The number of hydrogen-bond acceptors (Lipinski definition) is 6. The Kier molecular flexibility index (Phi) is 11.1. The van der Waals surface area contributed by atoms with Gasteiger partial charge in [0, 0.05) is 0 Å². The summed E-state index contributed by atoms with van der Waals surface area (Å²) in [5.74, 6) is 1.82. The van der Waals surface area contributed by atoms with Gasteiger partial charge in [-0.05, 0) is 96.6 Å². The summed E-state index contributed by atoms with van der Waals surface area (Å²) in [6.45, 7) is 0. The number of halogens is 1. The monoisotopic (exact) mass is 631 g/mol. The van der Waals surface area contributed by atoms with Gasteiger partial charge in [0.05, 0.1) is 45.6 Å². The Balaban J connectivity index is 0.00000462. The molecule has 0 aliphatic heterocycles. The number of benzene rings is 4. The highest BCUT2D eigenvalue weighted by atomic mass is 79.9. The lowest BCUT2D eigenvalue weighted by molar-refractivity contribution is -0.135. The third-order valence-electron chi connectivity index (χ3n) is 6.78. The molecule has 0 aliphatic rings. The van der Waals surface area contributed by atoms with E-state index in [0.717, 1.165) is 38.7 Å². The summed E-state index contributed by atoms with van der Waals surface area (Å²) >= 11 is 0. The Morgan fingerprint density at radius 3 is 1.39 bits per heavy atom. The van der Waals surface area contributed by atoms with E-state index in [0.29, 0.717) is 17.3 Å². The van der Waals surface area contributed by atoms with Crippen LogP contribution in [0.25, 0.3) is 6.08 Å². The van der Waals surface area contributed by atoms with Gasteiger partial charge >= 0.3 is 5.97 Å². The zero-order valence-electron chi connectivity index (χ0n) is 23.3. The first-order chi connectivity index (χ1) is 19.5. The van der Waals surface area contributed by atoms with Crippen molar-refractivity contribution in [1.29, 1.82) is 5.26 Å². The number of nitriles is 1. The lowest BCUT2D eigenvalue weighted by atomic mass is 10.1. The molecule has 0 bridgehead atoms. The largest absolute Gasteiger partial charge is 1.00 e. The van der Waals surface area contributed by atoms with E-state index in [1.165, 1.54) is 7.11 Å². The number of rotatable bonds is 10. The smallest absolute Gasteiger partial charge is 0.337 e. The Morgan fingerprint density at radius 2 is 1.07 bits per heavy atom. The molecule has 4 rings (SSSR count). The zero-order valence-corrected chi connectivity index (χ0v) is 25.8. The van der Waals surface area contributed by atoms with Crippen LogP contribution in [0.1, 0.15) is 11.1 Å². The van der Waals surface area contributed by atoms with Crippen molar-refractivity contribution >= 4 is 35.2 Å². The van der Waals surface area contributed by atoms with Gasteiger partial charge in [0.1, 0.15) is 46.6 Å². The molecule has 0 saturated heterocycles. The van der Waals surface area contributed by atoms with E-state index < -0.39 is 13.2 Å². The Hall–Kier alpha value is -4.11. The maximum atomic E-state index is 13.3. The second-order valence-electron chi connectivity index (χ2n) is 8.96. The molecule has 0 fully saturated rings. The van der Waals surface area contributed by atoms with Crippen LogP contribution in [0.5, 0.6) is 17.2 Å². The van der Waals surface area contributed by atoms with E-state index in [4.69, 9.17) is 18.9 Å². The van der Waals surface area contributed by atoms with E-state index in [9.17, 15) is 10.1 Å². The summed E-state index contributed by atoms with van der Waals surface area (Å²) in [7, 11) is 3.80. The Morgan fingerprint density at radius 1 is 0.683 bits per heavy atom. The van der Waals surface area contributed by atoms with Crippen LogP contribution in [0.4, 0.5) is 0 Å². The van der Waals surface area contributed by atoms with E-state index in [1.807, 2.05) is 54.6 Å². The number of carbonyl (C=O) groups is 1. The molecule has 0 heterocycles. The van der Waals surface area contributed by atoms with Gasteiger partial charge in [-0.2, -0.15) is 5.26 Å². The molecular weight excluding hydrogens is 601 g/mol. The summed E-state index contributed by atoms with van der Waals surface area (Å²) in [6, 6.07) is 33.3. The fourth-order valence-corrected chi connectivity index (χ4v) is 8.79. The molecular formula is C33H31BrNO5P. The van der Waals surface area contributed by atoms with E-state index in [-0.39, 0.29) is 17.0 Å². The number of ether oxygens (including phenoxy) is 4. The summed E-state index contributed by atoms with van der Waals surface area (Å²) in [5.41, 5.74) is 1.87. The van der Waals surface area contributed by atoms with Crippen LogP contribution in [0.15, 0.2) is 103 Å². The molecule has 4 aromatic rings. The average Bonchev–Trinajstić information content (AvgIpc) is 3.03. The highest BCUT2D eigenvalue weighted by Crippen LogP contribution is 2.57. The lowest BCUT2D eigenvalue weighted by Crippen LogP contribution is -3.00. The SMILES string of the molecule is COC(=O)/C(=C/c1ccc(C#N)cc1)C[P+](c1ccc(OC)cc1)(c1ccc(OC)cc1)c1ccc(OC)cc1.[Br-]. The highest BCUT2D eigenvalue weighted by molar-refractivity contribution is 7.95. The Bertz CT molecular complexity index is 1400. The molecule has 0 aliphatic carbocycles. The predicted octanol–water partition coefficient (Wildman–Crippen LogP) is 2.14. The van der Waals surface area contributed by atoms with E-state index in [2.05, 4.69) is 42.5 Å². The number of carbonyl (C=O) groups excluding carboxylic acids is 1. The molecule has 0 saturated carbocycles. The van der Waals surface area contributed by atoms with Gasteiger partial charge in [0.25, 0.3) is 0 Å². The number of hydrogen-bond donors (Lipinski definition) is 0. The molecule has 41 heavy (non-hydrogen) atoms. The van der Waals surface area contributed by atoms with Crippen molar-refractivity contribution in [2.75, 3.05) is 34.6 Å². The third-order valence-corrected chi connectivity index (χ3v) is 11.1. The van der Waals surface area contributed by atoms with Gasteiger partial charge in [0.2, 0.25) is 0 Å². The first kappa shape index (κ1) is 31.4. The molecule has 8 heteroatoms. The second-order valence-corrected chi connectivity index (χ2v) is 12.4. The third kappa shape index (κ3) is 6.97. The fraction of sp³-hybridized carbons (Fsp3) is 0.152. The van der Waals surface area contributed by atoms with Crippen molar-refractivity contribution in [3.8, 4) is 23.3 Å². The van der Waals surface area contributed by atoms with Crippen molar-refractivity contribution in [2.24, 2.45) is 0 Å². The van der Waals surface area contributed by atoms with Crippen LogP contribution in [0.3, 0.4) is 0 Å². The fourth-order valence-electron chi connectivity index (χ4n) is 4.64. The number of nitrogens with zero attached hydrogens (tertiary/aromatic N) is 1. The molecule has 0 radical (unpaired) electrons. The van der Waals surface area contributed by atoms with Gasteiger partial charge in [-0.25, -0.2) is 4.79 Å². The molecule has 0 unspecified atom stereocenters. The normalized spacial score (nSPS) is 11.0.